The molecule has 0 saturated carbocycles. The Balaban J connectivity index is 2.25. The van der Waals surface area contributed by atoms with Crippen LogP contribution in [0.1, 0.15) is 20.8 Å². The van der Waals surface area contributed by atoms with Crippen molar-refractivity contribution in [3.63, 3.8) is 0 Å². The van der Waals surface area contributed by atoms with Crippen molar-refractivity contribution in [2.75, 3.05) is 26.3 Å². The number of nitrogens with zero attached hydrogens (tertiary/aromatic N) is 1. The van der Waals surface area contributed by atoms with Gasteiger partial charge in [-0.1, -0.05) is 0 Å². The fourth-order valence-corrected chi connectivity index (χ4v) is 5.02. The Labute approximate surface area is 137 Å². The third-order valence-electron chi connectivity index (χ3n) is 3.18. The largest absolute Gasteiger partial charge is 0.379 e. The van der Waals surface area contributed by atoms with Gasteiger partial charge in [0, 0.05) is 18.6 Å². The molecule has 0 radical (unpaired) electrons. The van der Waals surface area contributed by atoms with Crippen LogP contribution in [0.4, 0.5) is 0 Å². The molecule has 9 heteroatoms. The van der Waals surface area contributed by atoms with Gasteiger partial charge < -0.3 is 4.74 Å². The standard InChI is InChI=1S/C14H22N2O5S2/c1-14(2,3)15-22(17,18)12-4-6-13(7-5-12)23(19,20)16-8-10-21-11-9-16/h4-7,15H,8-11H2,1-3H3. The normalized spacial score (nSPS) is 18.0. The summed E-state index contributed by atoms with van der Waals surface area (Å²) in [5.41, 5.74) is -0.614. The van der Waals surface area contributed by atoms with Crippen LogP contribution in [0.3, 0.4) is 0 Å². The molecule has 1 saturated heterocycles. The number of hydrogen-bond donors (Lipinski definition) is 1. The third kappa shape index (κ3) is 4.51. The molecule has 0 bridgehead atoms. The van der Waals surface area contributed by atoms with Gasteiger partial charge in [0.15, 0.2) is 0 Å². The van der Waals surface area contributed by atoms with Crippen molar-refractivity contribution in [3.8, 4) is 0 Å². The van der Waals surface area contributed by atoms with Crippen molar-refractivity contribution in [2.45, 2.75) is 36.1 Å². The number of benzene rings is 1. The van der Waals surface area contributed by atoms with Gasteiger partial charge in [0.1, 0.15) is 0 Å². The van der Waals surface area contributed by atoms with E-state index >= 15 is 0 Å². The highest BCUT2D eigenvalue weighted by atomic mass is 32.2. The molecule has 0 spiro atoms. The van der Waals surface area contributed by atoms with Crippen molar-refractivity contribution in [3.05, 3.63) is 24.3 Å². The summed E-state index contributed by atoms with van der Waals surface area (Å²) in [4.78, 5) is 0.113. The molecule has 0 aromatic heterocycles. The van der Waals surface area contributed by atoms with Gasteiger partial charge in [-0.3, -0.25) is 0 Å². The lowest BCUT2D eigenvalue weighted by atomic mass is 10.1. The van der Waals surface area contributed by atoms with Crippen molar-refractivity contribution < 1.29 is 21.6 Å². The number of rotatable bonds is 4. The Morgan fingerprint density at radius 1 is 0.957 bits per heavy atom. The molecule has 1 aliphatic heterocycles. The predicted octanol–water partition coefficient (Wildman–Crippen LogP) is 0.784. The van der Waals surface area contributed by atoms with Crippen molar-refractivity contribution >= 4 is 20.0 Å². The Hall–Kier alpha value is -1.00. The Bertz CT molecular complexity index is 743. The number of nitrogens with one attached hydrogen (secondary N) is 1. The molecule has 1 aromatic carbocycles. The summed E-state index contributed by atoms with van der Waals surface area (Å²) < 4.78 is 58.4. The lowest BCUT2D eigenvalue weighted by Gasteiger charge is -2.26. The quantitative estimate of drug-likeness (QED) is 0.855. The first-order chi connectivity index (χ1) is 10.5. The molecule has 0 aliphatic carbocycles. The first-order valence-electron chi connectivity index (χ1n) is 7.24. The lowest BCUT2D eigenvalue weighted by Crippen LogP contribution is -2.41. The fourth-order valence-electron chi connectivity index (χ4n) is 2.19. The van der Waals surface area contributed by atoms with E-state index in [9.17, 15) is 16.8 Å². The molecule has 1 heterocycles. The molecule has 23 heavy (non-hydrogen) atoms. The molecule has 7 nitrogen and oxygen atoms in total. The first-order valence-corrected chi connectivity index (χ1v) is 10.2. The highest BCUT2D eigenvalue weighted by Gasteiger charge is 2.27. The SMILES string of the molecule is CC(C)(C)NS(=O)(=O)c1ccc(S(=O)(=O)N2CCOCC2)cc1. The van der Waals surface area contributed by atoms with Crippen molar-refractivity contribution in [1.82, 2.24) is 9.03 Å². The average Bonchev–Trinajstić information content (AvgIpc) is 2.46. The minimum atomic E-state index is -3.68. The minimum absolute atomic E-state index is 0.0355. The van der Waals surface area contributed by atoms with Crippen molar-refractivity contribution in [1.29, 1.82) is 0 Å². The van der Waals surface area contributed by atoms with Gasteiger partial charge in [-0.2, -0.15) is 4.31 Å². The van der Waals surface area contributed by atoms with Gasteiger partial charge in [-0.15, -0.1) is 0 Å². The zero-order chi connectivity index (χ0) is 17.3. The van der Waals surface area contributed by atoms with Crippen LogP contribution < -0.4 is 4.72 Å². The second kappa shape index (κ2) is 6.48. The van der Waals surface area contributed by atoms with E-state index in [1.54, 1.807) is 20.8 Å². The van der Waals surface area contributed by atoms with E-state index in [0.29, 0.717) is 26.3 Å². The van der Waals surface area contributed by atoms with E-state index in [4.69, 9.17) is 4.74 Å². The molecular weight excluding hydrogens is 340 g/mol. The third-order valence-corrected chi connectivity index (χ3v) is 6.87. The smallest absolute Gasteiger partial charge is 0.243 e. The van der Waals surface area contributed by atoms with E-state index in [1.165, 1.54) is 28.6 Å². The van der Waals surface area contributed by atoms with Crippen molar-refractivity contribution in [2.24, 2.45) is 0 Å². The van der Waals surface area contributed by atoms with E-state index in [-0.39, 0.29) is 9.79 Å². The Kier molecular flexibility index (Phi) is 5.17. The van der Waals surface area contributed by atoms with Gasteiger partial charge >= 0.3 is 0 Å². The topological polar surface area (TPSA) is 92.8 Å². The summed E-state index contributed by atoms with van der Waals surface area (Å²) in [5, 5.41) is 0. The van der Waals surface area contributed by atoms with E-state index in [0.717, 1.165) is 0 Å². The molecule has 1 fully saturated rings. The van der Waals surface area contributed by atoms with Crippen LogP contribution >= 0.6 is 0 Å². The lowest BCUT2D eigenvalue weighted by molar-refractivity contribution is 0.0730. The first kappa shape index (κ1) is 18.3. The molecule has 1 aliphatic rings. The maximum Gasteiger partial charge on any atom is 0.243 e. The molecule has 130 valence electrons. The Morgan fingerprint density at radius 3 is 1.91 bits per heavy atom. The van der Waals surface area contributed by atoms with Crippen LogP contribution in [0.2, 0.25) is 0 Å². The molecule has 1 N–H and O–H groups in total. The summed E-state index contributed by atoms with van der Waals surface area (Å²) in [7, 11) is -7.30. The summed E-state index contributed by atoms with van der Waals surface area (Å²) in [6.07, 6.45) is 0. The second-order valence-corrected chi connectivity index (χ2v) is 9.96. The van der Waals surface area contributed by atoms with Crippen LogP contribution in [0, 0.1) is 0 Å². The van der Waals surface area contributed by atoms with E-state index < -0.39 is 25.6 Å². The van der Waals surface area contributed by atoms with Gasteiger partial charge in [-0.05, 0) is 45.0 Å². The van der Waals surface area contributed by atoms with Crippen LogP contribution in [-0.4, -0.2) is 53.0 Å². The summed E-state index contributed by atoms with van der Waals surface area (Å²) in [6.45, 7) is 6.54. The van der Waals surface area contributed by atoms with Crippen LogP contribution in [0.5, 0.6) is 0 Å². The number of hydrogen-bond acceptors (Lipinski definition) is 5. The fraction of sp³-hybridized carbons (Fsp3) is 0.571. The van der Waals surface area contributed by atoms with Gasteiger partial charge in [-0.25, -0.2) is 21.6 Å². The number of sulfonamides is 2. The van der Waals surface area contributed by atoms with Gasteiger partial charge in [0.25, 0.3) is 0 Å². The second-order valence-electron chi connectivity index (χ2n) is 6.34. The molecule has 1 aromatic rings. The van der Waals surface area contributed by atoms with E-state index in [1.807, 2.05) is 0 Å². The molecule has 0 amide bonds. The van der Waals surface area contributed by atoms with Gasteiger partial charge in [0.2, 0.25) is 20.0 Å². The predicted molar refractivity (Wildman–Crippen MR) is 86.1 cm³/mol. The van der Waals surface area contributed by atoms with Crippen LogP contribution in [-0.2, 0) is 24.8 Å². The molecule has 0 atom stereocenters. The number of ether oxygens (including phenoxy) is 1. The maximum atomic E-state index is 12.5. The highest BCUT2D eigenvalue weighted by Crippen LogP contribution is 2.20. The summed E-state index contributed by atoms with van der Waals surface area (Å²) in [5.74, 6) is 0. The molecular formula is C14H22N2O5S2. The average molecular weight is 362 g/mol. The van der Waals surface area contributed by atoms with Gasteiger partial charge in [0.05, 0.1) is 23.0 Å². The van der Waals surface area contributed by atoms with Crippen LogP contribution in [0.25, 0.3) is 0 Å². The summed E-state index contributed by atoms with van der Waals surface area (Å²) in [6, 6.07) is 5.26. The zero-order valence-electron chi connectivity index (χ0n) is 13.4. The zero-order valence-corrected chi connectivity index (χ0v) is 15.1. The van der Waals surface area contributed by atoms with E-state index in [2.05, 4.69) is 4.72 Å². The maximum absolute atomic E-state index is 12.5. The molecule has 0 unspecified atom stereocenters. The summed E-state index contributed by atoms with van der Waals surface area (Å²) >= 11 is 0. The minimum Gasteiger partial charge on any atom is -0.379 e. The van der Waals surface area contributed by atoms with Crippen LogP contribution in [0.15, 0.2) is 34.1 Å². The number of morpholine rings is 1. The Morgan fingerprint density at radius 2 is 1.43 bits per heavy atom. The monoisotopic (exact) mass is 362 g/mol. The molecule has 2 rings (SSSR count). The highest BCUT2D eigenvalue weighted by molar-refractivity contribution is 7.89.